The molecule has 15 heavy (non-hydrogen) atoms. The molecule has 0 aliphatic heterocycles. The lowest BCUT2D eigenvalue weighted by atomic mass is 10.2. The topological polar surface area (TPSA) is 153 Å². The summed E-state index contributed by atoms with van der Waals surface area (Å²) in [5.41, 5.74) is 5.19. The Morgan fingerprint density at radius 2 is 1.93 bits per heavy atom. The van der Waals surface area contributed by atoms with Gasteiger partial charge in [0.05, 0.1) is 18.2 Å². The monoisotopic (exact) mass is 239 g/mol. The number of primary sulfonamides is 1. The Morgan fingerprint density at radius 1 is 1.40 bits per heavy atom. The third kappa shape index (κ3) is 7.85. The number of rotatable bonds is 6. The number of carbonyl (C=O) groups is 2. The Morgan fingerprint density at radius 3 is 2.33 bits per heavy atom. The highest BCUT2D eigenvalue weighted by Gasteiger charge is 2.16. The Balaban J connectivity index is 3.89. The zero-order chi connectivity index (χ0) is 12.1. The Bertz CT molecular complexity index is 339. The molecule has 6 N–H and O–H groups in total. The third-order valence-corrected chi connectivity index (χ3v) is 2.19. The van der Waals surface area contributed by atoms with Crippen LogP contribution in [0.1, 0.15) is 6.42 Å². The molecule has 1 unspecified atom stereocenters. The van der Waals surface area contributed by atoms with Crippen molar-refractivity contribution in [1.29, 1.82) is 0 Å². The van der Waals surface area contributed by atoms with Gasteiger partial charge in [-0.25, -0.2) is 13.6 Å². The zero-order valence-electron chi connectivity index (χ0n) is 7.84. The number of hydrogen-bond acceptors (Lipinski definition) is 5. The quantitative estimate of drug-likeness (QED) is 0.392. The number of carbonyl (C=O) groups excluding carboxylic acids is 1. The number of sulfonamides is 1. The summed E-state index contributed by atoms with van der Waals surface area (Å²) in [4.78, 5) is 21.2. The summed E-state index contributed by atoms with van der Waals surface area (Å²) in [6.07, 6.45) is -0.513. The molecule has 0 aliphatic rings. The molecular formula is C6H13N3O5S. The highest BCUT2D eigenvalue weighted by molar-refractivity contribution is 7.89. The van der Waals surface area contributed by atoms with Crippen molar-refractivity contribution in [2.45, 2.75) is 12.5 Å². The second kappa shape index (κ2) is 5.63. The van der Waals surface area contributed by atoms with Gasteiger partial charge in [0.25, 0.3) is 0 Å². The van der Waals surface area contributed by atoms with Gasteiger partial charge in [-0.3, -0.25) is 9.59 Å². The van der Waals surface area contributed by atoms with E-state index in [-0.39, 0.29) is 6.54 Å². The first-order chi connectivity index (χ1) is 6.72. The first-order valence-corrected chi connectivity index (χ1v) is 5.69. The average molecular weight is 239 g/mol. The van der Waals surface area contributed by atoms with Crippen LogP contribution < -0.4 is 16.2 Å². The lowest BCUT2D eigenvalue weighted by Gasteiger charge is -2.09. The average Bonchev–Trinajstić information content (AvgIpc) is 2.00. The second-order valence-electron chi connectivity index (χ2n) is 2.86. The second-order valence-corrected chi connectivity index (χ2v) is 4.60. The van der Waals surface area contributed by atoms with Crippen LogP contribution in [0.3, 0.4) is 0 Å². The molecule has 0 aromatic carbocycles. The summed E-state index contributed by atoms with van der Waals surface area (Å²) in [5, 5.41) is 15.1. The summed E-state index contributed by atoms with van der Waals surface area (Å²) >= 11 is 0. The van der Waals surface area contributed by atoms with E-state index in [1.165, 1.54) is 0 Å². The first kappa shape index (κ1) is 13.8. The molecule has 0 fully saturated rings. The third-order valence-electron chi connectivity index (χ3n) is 1.42. The summed E-state index contributed by atoms with van der Waals surface area (Å²) in [6, 6.07) is -1.19. The van der Waals surface area contributed by atoms with Crippen molar-refractivity contribution in [2.75, 3.05) is 12.3 Å². The largest absolute Gasteiger partial charge is 0.481 e. The summed E-state index contributed by atoms with van der Waals surface area (Å²) < 4.78 is 20.9. The fraction of sp³-hybridized carbons (Fsp3) is 0.667. The van der Waals surface area contributed by atoms with E-state index in [9.17, 15) is 18.0 Å². The maximum atomic E-state index is 11.0. The van der Waals surface area contributed by atoms with Crippen molar-refractivity contribution in [2.24, 2.45) is 10.9 Å². The van der Waals surface area contributed by atoms with Crippen LogP contribution in [0.5, 0.6) is 0 Å². The van der Waals surface area contributed by atoms with Gasteiger partial charge in [0.1, 0.15) is 0 Å². The van der Waals surface area contributed by atoms with Gasteiger partial charge in [-0.15, -0.1) is 0 Å². The van der Waals surface area contributed by atoms with E-state index in [4.69, 9.17) is 10.8 Å². The minimum atomic E-state index is -3.64. The van der Waals surface area contributed by atoms with E-state index in [0.29, 0.717) is 0 Å². The van der Waals surface area contributed by atoms with Crippen LogP contribution in [0.2, 0.25) is 0 Å². The summed E-state index contributed by atoms with van der Waals surface area (Å²) in [6.45, 7) is -0.189. The highest BCUT2D eigenvalue weighted by atomic mass is 32.2. The van der Waals surface area contributed by atoms with Gasteiger partial charge in [0.2, 0.25) is 15.9 Å². The molecule has 0 spiro atoms. The van der Waals surface area contributed by atoms with Gasteiger partial charge in [0, 0.05) is 6.54 Å². The fourth-order valence-corrected chi connectivity index (χ4v) is 1.11. The predicted octanol–water partition coefficient (Wildman–Crippen LogP) is -2.81. The normalized spacial score (nSPS) is 13.2. The fourth-order valence-electron chi connectivity index (χ4n) is 0.728. The van der Waals surface area contributed by atoms with Crippen LogP contribution >= 0.6 is 0 Å². The highest BCUT2D eigenvalue weighted by Crippen LogP contribution is 1.88. The van der Waals surface area contributed by atoms with Crippen LogP contribution in [-0.4, -0.2) is 43.7 Å². The number of carboxylic acid groups (broad SMARTS) is 1. The molecule has 1 atom stereocenters. The first-order valence-electron chi connectivity index (χ1n) is 3.98. The van der Waals surface area contributed by atoms with Gasteiger partial charge in [0.15, 0.2) is 0 Å². The molecule has 0 rings (SSSR count). The molecule has 0 aromatic heterocycles. The van der Waals surface area contributed by atoms with E-state index in [1.54, 1.807) is 0 Å². The molecule has 1 amide bonds. The molecular weight excluding hydrogens is 226 g/mol. The lowest BCUT2D eigenvalue weighted by Crippen LogP contribution is -2.43. The molecule has 0 saturated heterocycles. The van der Waals surface area contributed by atoms with Crippen molar-refractivity contribution in [1.82, 2.24) is 5.32 Å². The Hall–Kier alpha value is -1.19. The van der Waals surface area contributed by atoms with E-state index in [1.807, 2.05) is 0 Å². The summed E-state index contributed by atoms with van der Waals surface area (Å²) in [5.74, 6) is -2.34. The Labute approximate surface area is 86.7 Å². The number of aliphatic carboxylic acids is 1. The molecule has 88 valence electrons. The summed E-state index contributed by atoms with van der Waals surface area (Å²) in [7, 11) is -3.64. The zero-order valence-corrected chi connectivity index (χ0v) is 8.66. The minimum absolute atomic E-state index is 0.189. The van der Waals surface area contributed by atoms with E-state index in [2.05, 4.69) is 10.5 Å². The lowest BCUT2D eigenvalue weighted by molar-refractivity contribution is -0.139. The van der Waals surface area contributed by atoms with Crippen molar-refractivity contribution in [3.05, 3.63) is 0 Å². The smallest absolute Gasteiger partial charge is 0.305 e. The van der Waals surface area contributed by atoms with Crippen LogP contribution in [0.4, 0.5) is 0 Å². The van der Waals surface area contributed by atoms with E-state index >= 15 is 0 Å². The molecule has 0 bridgehead atoms. The van der Waals surface area contributed by atoms with Crippen LogP contribution in [0, 0.1) is 0 Å². The molecule has 9 heteroatoms. The number of nitrogens with one attached hydrogen (secondary N) is 1. The molecule has 0 aromatic rings. The molecule has 8 nitrogen and oxygen atoms in total. The van der Waals surface area contributed by atoms with E-state index in [0.717, 1.165) is 0 Å². The van der Waals surface area contributed by atoms with Crippen molar-refractivity contribution in [3.63, 3.8) is 0 Å². The Kier molecular flexibility index (Phi) is 5.19. The van der Waals surface area contributed by atoms with Crippen LogP contribution in [0.25, 0.3) is 0 Å². The van der Waals surface area contributed by atoms with Crippen LogP contribution in [-0.2, 0) is 19.6 Å². The van der Waals surface area contributed by atoms with Crippen LogP contribution in [0.15, 0.2) is 0 Å². The van der Waals surface area contributed by atoms with Crippen molar-refractivity contribution in [3.8, 4) is 0 Å². The van der Waals surface area contributed by atoms with Gasteiger partial charge in [-0.05, 0) is 0 Å². The maximum Gasteiger partial charge on any atom is 0.305 e. The van der Waals surface area contributed by atoms with Gasteiger partial charge in [-0.1, -0.05) is 0 Å². The molecule has 0 heterocycles. The van der Waals surface area contributed by atoms with Gasteiger partial charge < -0.3 is 16.2 Å². The number of hydrogen-bond donors (Lipinski definition) is 4. The van der Waals surface area contributed by atoms with Crippen molar-refractivity contribution >= 4 is 21.9 Å². The molecule has 0 saturated carbocycles. The number of nitrogens with two attached hydrogens (primary N) is 2. The number of carboxylic acids is 1. The van der Waals surface area contributed by atoms with E-state index < -0.39 is 40.1 Å². The number of amides is 1. The SMILES string of the molecule is NC(CC(=O)O)C(=O)NCCS(N)(=O)=O. The predicted molar refractivity (Wildman–Crippen MR) is 51.2 cm³/mol. The molecule has 0 radical (unpaired) electrons. The van der Waals surface area contributed by atoms with Gasteiger partial charge in [-0.2, -0.15) is 0 Å². The standard InChI is InChI=1S/C6H13N3O5S/c7-4(3-5(10)11)6(12)9-1-2-15(8,13)14/h4H,1-3,7H2,(H,9,12)(H,10,11)(H2,8,13,14). The maximum absolute atomic E-state index is 11.0. The van der Waals surface area contributed by atoms with Gasteiger partial charge >= 0.3 is 5.97 Å². The minimum Gasteiger partial charge on any atom is -0.481 e. The molecule has 0 aliphatic carbocycles. The van der Waals surface area contributed by atoms with Crippen molar-refractivity contribution < 1.29 is 23.1 Å².